The molecule has 9 heteroatoms. The van der Waals surface area contributed by atoms with Crippen molar-refractivity contribution in [2.45, 2.75) is 12.8 Å². The maximum atomic E-state index is 12.0. The van der Waals surface area contributed by atoms with E-state index in [2.05, 4.69) is 5.32 Å². The summed E-state index contributed by atoms with van der Waals surface area (Å²) in [7, 11) is 0. The van der Waals surface area contributed by atoms with Crippen LogP contribution < -0.4 is 10.2 Å². The molecule has 0 aromatic heterocycles. The molecular formula is C15H20N4O5. The number of rotatable bonds is 6. The van der Waals surface area contributed by atoms with Gasteiger partial charge in [0.25, 0.3) is 5.69 Å². The lowest BCUT2D eigenvalue weighted by Crippen LogP contribution is -2.52. The third-order valence-electron chi connectivity index (χ3n) is 3.83. The van der Waals surface area contributed by atoms with E-state index in [1.165, 1.54) is 6.07 Å². The molecule has 0 saturated carbocycles. The Kier molecular flexibility index (Phi) is 5.94. The molecule has 9 nitrogen and oxygen atoms in total. The fourth-order valence-corrected chi connectivity index (χ4v) is 2.58. The molecule has 0 spiro atoms. The number of carbonyl (C=O) groups is 2. The predicted molar refractivity (Wildman–Crippen MR) is 87.2 cm³/mol. The molecule has 2 N–H and O–H groups in total. The monoisotopic (exact) mass is 336 g/mol. The first-order valence-corrected chi connectivity index (χ1v) is 7.72. The highest BCUT2D eigenvalue weighted by Gasteiger charge is 2.25. The van der Waals surface area contributed by atoms with Crippen LogP contribution in [0.3, 0.4) is 0 Å². The first-order chi connectivity index (χ1) is 11.5. The molecule has 1 fully saturated rings. The molecule has 1 aliphatic heterocycles. The summed E-state index contributed by atoms with van der Waals surface area (Å²) >= 11 is 0. The minimum Gasteiger partial charge on any atom is -0.481 e. The van der Waals surface area contributed by atoms with E-state index in [0.29, 0.717) is 44.8 Å². The summed E-state index contributed by atoms with van der Waals surface area (Å²) in [6, 6.07) is 6.32. The molecule has 1 heterocycles. The SMILES string of the molecule is O=C(O)CCCNC(=O)N1CCN(c2ccccc2[N+](=O)[O-])CC1. The van der Waals surface area contributed by atoms with E-state index in [0.717, 1.165) is 0 Å². The third kappa shape index (κ3) is 4.58. The molecule has 0 radical (unpaired) electrons. The second-order valence-corrected chi connectivity index (χ2v) is 5.45. The van der Waals surface area contributed by atoms with Gasteiger partial charge in [-0.3, -0.25) is 14.9 Å². The number of nitrogens with one attached hydrogen (secondary N) is 1. The van der Waals surface area contributed by atoms with E-state index < -0.39 is 10.9 Å². The fourth-order valence-electron chi connectivity index (χ4n) is 2.58. The van der Waals surface area contributed by atoms with Gasteiger partial charge in [0, 0.05) is 45.2 Å². The largest absolute Gasteiger partial charge is 0.481 e. The first-order valence-electron chi connectivity index (χ1n) is 7.72. The van der Waals surface area contributed by atoms with Crippen LogP contribution in [0.4, 0.5) is 16.2 Å². The molecule has 0 aliphatic carbocycles. The molecule has 2 amide bonds. The second kappa shape index (κ2) is 8.14. The maximum absolute atomic E-state index is 12.0. The van der Waals surface area contributed by atoms with E-state index in [4.69, 9.17) is 5.11 Å². The lowest BCUT2D eigenvalue weighted by atomic mass is 10.2. The smallest absolute Gasteiger partial charge is 0.317 e. The van der Waals surface area contributed by atoms with Gasteiger partial charge in [-0.15, -0.1) is 0 Å². The van der Waals surface area contributed by atoms with Crippen molar-refractivity contribution in [1.29, 1.82) is 0 Å². The Hall–Kier alpha value is -2.84. The summed E-state index contributed by atoms with van der Waals surface area (Å²) in [4.78, 5) is 36.6. The van der Waals surface area contributed by atoms with Crippen LogP contribution in [0, 0.1) is 10.1 Å². The Bertz CT molecular complexity index is 614. The Morgan fingerprint density at radius 1 is 1.21 bits per heavy atom. The van der Waals surface area contributed by atoms with Crippen molar-refractivity contribution >= 4 is 23.4 Å². The Balaban J connectivity index is 1.84. The molecule has 0 unspecified atom stereocenters. The molecule has 24 heavy (non-hydrogen) atoms. The third-order valence-corrected chi connectivity index (χ3v) is 3.83. The molecule has 1 saturated heterocycles. The molecule has 1 aromatic carbocycles. The number of para-hydroxylation sites is 2. The van der Waals surface area contributed by atoms with Crippen LogP contribution in [0.2, 0.25) is 0 Å². The van der Waals surface area contributed by atoms with Crippen LogP contribution in [-0.4, -0.2) is 59.7 Å². The molecule has 0 bridgehead atoms. The van der Waals surface area contributed by atoms with Crippen LogP contribution >= 0.6 is 0 Å². The van der Waals surface area contributed by atoms with E-state index in [1.54, 1.807) is 23.1 Å². The van der Waals surface area contributed by atoms with Gasteiger partial charge in [0.05, 0.1) is 4.92 Å². The lowest BCUT2D eigenvalue weighted by Gasteiger charge is -2.35. The number of carboxylic acid groups (broad SMARTS) is 1. The number of nitro groups is 1. The van der Waals surface area contributed by atoms with Gasteiger partial charge in [-0.25, -0.2) is 4.79 Å². The molecule has 1 aromatic rings. The van der Waals surface area contributed by atoms with Crippen molar-refractivity contribution in [3.05, 3.63) is 34.4 Å². The molecular weight excluding hydrogens is 316 g/mol. The summed E-state index contributed by atoms with van der Waals surface area (Å²) < 4.78 is 0. The van der Waals surface area contributed by atoms with Gasteiger partial charge in [-0.05, 0) is 12.5 Å². The van der Waals surface area contributed by atoms with Crippen LogP contribution in [0.1, 0.15) is 12.8 Å². The standard InChI is InChI=1S/C15H20N4O5/c20-14(21)6-3-7-16-15(22)18-10-8-17(9-11-18)12-4-1-2-5-13(12)19(23)24/h1-2,4-5H,3,6-11H2,(H,16,22)(H,20,21). The highest BCUT2D eigenvalue weighted by molar-refractivity contribution is 5.75. The van der Waals surface area contributed by atoms with Crippen LogP contribution in [0.15, 0.2) is 24.3 Å². The number of nitrogens with zero attached hydrogens (tertiary/aromatic N) is 3. The van der Waals surface area contributed by atoms with Gasteiger partial charge in [0.15, 0.2) is 0 Å². The van der Waals surface area contributed by atoms with Crippen molar-refractivity contribution in [1.82, 2.24) is 10.2 Å². The van der Waals surface area contributed by atoms with E-state index >= 15 is 0 Å². The van der Waals surface area contributed by atoms with Gasteiger partial charge in [-0.2, -0.15) is 0 Å². The average Bonchev–Trinajstić information content (AvgIpc) is 2.58. The predicted octanol–water partition coefficient (Wildman–Crippen LogP) is 1.29. The van der Waals surface area contributed by atoms with Crippen LogP contribution in [0.5, 0.6) is 0 Å². The van der Waals surface area contributed by atoms with Crippen LogP contribution in [-0.2, 0) is 4.79 Å². The Labute approximate surface area is 139 Å². The van der Waals surface area contributed by atoms with E-state index in [1.807, 2.05) is 4.90 Å². The van der Waals surface area contributed by atoms with Crippen molar-refractivity contribution in [2.24, 2.45) is 0 Å². The molecule has 0 atom stereocenters. The Morgan fingerprint density at radius 2 is 1.88 bits per heavy atom. The van der Waals surface area contributed by atoms with Gasteiger partial charge < -0.3 is 20.2 Å². The molecule has 130 valence electrons. The average molecular weight is 336 g/mol. The zero-order valence-corrected chi connectivity index (χ0v) is 13.2. The van der Waals surface area contributed by atoms with Gasteiger partial charge >= 0.3 is 12.0 Å². The lowest BCUT2D eigenvalue weighted by molar-refractivity contribution is -0.384. The van der Waals surface area contributed by atoms with Gasteiger partial charge in [0.2, 0.25) is 0 Å². The number of piperazine rings is 1. The number of hydrogen-bond donors (Lipinski definition) is 2. The number of hydrogen-bond acceptors (Lipinski definition) is 5. The topological polar surface area (TPSA) is 116 Å². The quantitative estimate of drug-likeness (QED) is 0.459. The zero-order chi connectivity index (χ0) is 17.5. The van der Waals surface area contributed by atoms with Gasteiger partial charge in [0.1, 0.15) is 5.69 Å². The highest BCUT2D eigenvalue weighted by atomic mass is 16.6. The number of nitro benzene ring substituents is 1. The minimum atomic E-state index is -0.887. The maximum Gasteiger partial charge on any atom is 0.317 e. The number of carboxylic acids is 1. The summed E-state index contributed by atoms with van der Waals surface area (Å²) in [5, 5.41) is 22.3. The van der Waals surface area contributed by atoms with Crippen molar-refractivity contribution in [3.63, 3.8) is 0 Å². The highest BCUT2D eigenvalue weighted by Crippen LogP contribution is 2.28. The number of amides is 2. The number of urea groups is 1. The second-order valence-electron chi connectivity index (χ2n) is 5.45. The number of anilines is 1. The molecule has 2 rings (SSSR count). The molecule has 1 aliphatic rings. The number of aliphatic carboxylic acids is 1. The number of carbonyl (C=O) groups excluding carboxylic acids is 1. The van der Waals surface area contributed by atoms with Crippen molar-refractivity contribution in [2.75, 3.05) is 37.6 Å². The minimum absolute atomic E-state index is 0.0196. The van der Waals surface area contributed by atoms with Gasteiger partial charge in [-0.1, -0.05) is 12.1 Å². The summed E-state index contributed by atoms with van der Waals surface area (Å²) in [6.45, 7) is 2.24. The first kappa shape index (κ1) is 17.5. The normalized spacial score (nSPS) is 14.3. The van der Waals surface area contributed by atoms with Crippen molar-refractivity contribution in [3.8, 4) is 0 Å². The fraction of sp³-hybridized carbons (Fsp3) is 0.467. The van der Waals surface area contributed by atoms with E-state index in [-0.39, 0.29) is 18.1 Å². The number of benzene rings is 1. The Morgan fingerprint density at radius 3 is 2.50 bits per heavy atom. The van der Waals surface area contributed by atoms with Crippen LogP contribution in [0.25, 0.3) is 0 Å². The van der Waals surface area contributed by atoms with E-state index in [9.17, 15) is 19.7 Å². The zero-order valence-electron chi connectivity index (χ0n) is 13.2. The summed E-state index contributed by atoms with van der Waals surface area (Å²) in [5.74, 6) is -0.887. The summed E-state index contributed by atoms with van der Waals surface area (Å²) in [6.07, 6.45) is 0.406. The summed E-state index contributed by atoms with van der Waals surface area (Å²) in [5.41, 5.74) is 0.619. The van der Waals surface area contributed by atoms with Crippen molar-refractivity contribution < 1.29 is 19.6 Å².